The number of ketones is 1. The lowest BCUT2D eigenvalue weighted by molar-refractivity contribution is 0.101. The fraction of sp³-hybridized carbons (Fsp3) is 0.263. The zero-order valence-electron chi connectivity index (χ0n) is 14.6. The quantitative estimate of drug-likeness (QED) is 0.783. The van der Waals surface area contributed by atoms with Crippen molar-refractivity contribution in [2.75, 3.05) is 32.6 Å². The molecule has 25 heavy (non-hydrogen) atoms. The summed E-state index contributed by atoms with van der Waals surface area (Å²) in [5, 5.41) is 2.78. The Morgan fingerprint density at radius 1 is 1.00 bits per heavy atom. The van der Waals surface area contributed by atoms with E-state index in [1.807, 2.05) is 24.3 Å². The molecule has 132 valence electrons. The van der Waals surface area contributed by atoms with Gasteiger partial charge in [-0.15, -0.1) is 0 Å². The second kappa shape index (κ2) is 8.73. The zero-order chi connectivity index (χ0) is 18.2. The number of urea groups is 1. The molecule has 0 aliphatic heterocycles. The molecule has 2 aromatic carbocycles. The van der Waals surface area contributed by atoms with E-state index in [0.29, 0.717) is 24.4 Å². The number of likely N-dealkylation sites (N-methyl/N-ethyl adjacent to an activating group) is 1. The van der Waals surface area contributed by atoms with Gasteiger partial charge >= 0.3 is 6.03 Å². The fourth-order valence-corrected chi connectivity index (χ4v) is 2.08. The molecule has 1 N–H and O–H groups in total. The Hall–Kier alpha value is -3.02. The van der Waals surface area contributed by atoms with Crippen molar-refractivity contribution in [3.05, 3.63) is 54.1 Å². The highest BCUT2D eigenvalue weighted by atomic mass is 16.5. The first kappa shape index (κ1) is 18.3. The van der Waals surface area contributed by atoms with Crippen LogP contribution >= 0.6 is 0 Å². The lowest BCUT2D eigenvalue weighted by Crippen LogP contribution is -2.34. The topological polar surface area (TPSA) is 67.9 Å². The number of nitrogens with zero attached hydrogens (tertiary/aromatic N) is 1. The van der Waals surface area contributed by atoms with Gasteiger partial charge in [0.2, 0.25) is 0 Å². The van der Waals surface area contributed by atoms with Crippen molar-refractivity contribution >= 4 is 17.5 Å². The second-order valence-electron chi connectivity index (χ2n) is 5.51. The van der Waals surface area contributed by atoms with Crippen molar-refractivity contribution in [1.29, 1.82) is 0 Å². The highest BCUT2D eigenvalue weighted by Crippen LogP contribution is 2.17. The maximum Gasteiger partial charge on any atom is 0.321 e. The number of ether oxygens (including phenoxy) is 2. The van der Waals surface area contributed by atoms with Crippen LogP contribution in [0.25, 0.3) is 0 Å². The Bertz CT molecular complexity index is 711. The molecule has 0 bridgehead atoms. The average molecular weight is 342 g/mol. The van der Waals surface area contributed by atoms with Gasteiger partial charge in [-0.05, 0) is 55.5 Å². The maximum atomic E-state index is 12.1. The number of amides is 2. The number of carbonyl (C=O) groups excluding carboxylic acids is 2. The monoisotopic (exact) mass is 342 g/mol. The largest absolute Gasteiger partial charge is 0.497 e. The summed E-state index contributed by atoms with van der Waals surface area (Å²) in [7, 11) is 3.30. The van der Waals surface area contributed by atoms with E-state index >= 15 is 0 Å². The number of hydrogen-bond donors (Lipinski definition) is 1. The van der Waals surface area contributed by atoms with Gasteiger partial charge in [-0.1, -0.05) is 0 Å². The van der Waals surface area contributed by atoms with E-state index in [-0.39, 0.29) is 11.8 Å². The number of hydrogen-bond acceptors (Lipinski definition) is 4. The van der Waals surface area contributed by atoms with Crippen LogP contribution in [-0.4, -0.2) is 44.0 Å². The molecule has 2 aromatic rings. The van der Waals surface area contributed by atoms with Gasteiger partial charge in [0, 0.05) is 18.3 Å². The molecule has 0 saturated carbocycles. The van der Waals surface area contributed by atoms with E-state index in [1.54, 1.807) is 38.4 Å². The molecule has 0 saturated heterocycles. The van der Waals surface area contributed by atoms with Gasteiger partial charge in [0.05, 0.1) is 13.7 Å². The standard InChI is InChI=1S/C19H22N2O4/c1-14(22)15-4-6-16(7-5-15)20-19(23)21(2)12-13-25-18-10-8-17(24-3)9-11-18/h4-11H,12-13H2,1-3H3,(H,20,23). The molecule has 6 nitrogen and oxygen atoms in total. The molecule has 0 unspecified atom stereocenters. The van der Waals surface area contributed by atoms with E-state index in [9.17, 15) is 9.59 Å². The molecule has 0 spiro atoms. The van der Waals surface area contributed by atoms with Crippen LogP contribution in [0.4, 0.5) is 10.5 Å². The first-order valence-corrected chi connectivity index (χ1v) is 7.89. The molecule has 0 heterocycles. The van der Waals surface area contributed by atoms with Crippen LogP contribution in [0.15, 0.2) is 48.5 Å². The van der Waals surface area contributed by atoms with Crippen molar-refractivity contribution in [1.82, 2.24) is 4.90 Å². The molecule has 0 fully saturated rings. The number of rotatable bonds is 7. The van der Waals surface area contributed by atoms with Crippen molar-refractivity contribution < 1.29 is 19.1 Å². The Labute approximate surface area is 147 Å². The number of Topliss-reactive ketones (excluding diaryl/α,β-unsaturated/α-hetero) is 1. The number of nitrogens with one attached hydrogen (secondary N) is 1. The fourth-order valence-electron chi connectivity index (χ4n) is 2.08. The predicted octanol–water partition coefficient (Wildman–Crippen LogP) is 3.44. The Morgan fingerprint density at radius 2 is 1.60 bits per heavy atom. The van der Waals surface area contributed by atoms with Crippen LogP contribution < -0.4 is 14.8 Å². The van der Waals surface area contributed by atoms with Crippen LogP contribution in [0, 0.1) is 0 Å². The summed E-state index contributed by atoms with van der Waals surface area (Å²) < 4.78 is 10.7. The summed E-state index contributed by atoms with van der Waals surface area (Å²) in [5.74, 6) is 1.47. The summed E-state index contributed by atoms with van der Waals surface area (Å²) in [6.07, 6.45) is 0. The van der Waals surface area contributed by atoms with Gasteiger partial charge in [0.15, 0.2) is 5.78 Å². The van der Waals surface area contributed by atoms with Gasteiger partial charge in [-0.2, -0.15) is 0 Å². The third kappa shape index (κ3) is 5.53. The van der Waals surface area contributed by atoms with E-state index in [1.165, 1.54) is 11.8 Å². The second-order valence-corrected chi connectivity index (χ2v) is 5.51. The van der Waals surface area contributed by atoms with Gasteiger partial charge in [-0.3, -0.25) is 4.79 Å². The normalized spacial score (nSPS) is 10.0. The number of benzene rings is 2. The van der Waals surface area contributed by atoms with Gasteiger partial charge in [0.1, 0.15) is 18.1 Å². The zero-order valence-corrected chi connectivity index (χ0v) is 14.6. The van der Waals surface area contributed by atoms with E-state index in [0.717, 1.165) is 11.5 Å². The first-order chi connectivity index (χ1) is 12.0. The van der Waals surface area contributed by atoms with E-state index < -0.39 is 0 Å². The minimum absolute atomic E-state index is 0.00863. The minimum Gasteiger partial charge on any atom is -0.497 e. The SMILES string of the molecule is COc1ccc(OCCN(C)C(=O)Nc2ccc(C(C)=O)cc2)cc1. The number of carbonyl (C=O) groups is 2. The molecule has 0 radical (unpaired) electrons. The number of methoxy groups -OCH3 is 1. The molecule has 6 heteroatoms. The summed E-state index contributed by atoms with van der Waals surface area (Å²) in [6.45, 7) is 2.31. The lowest BCUT2D eigenvalue weighted by atomic mass is 10.1. The number of anilines is 1. The molecular formula is C19H22N2O4. The Balaban J connectivity index is 1.78. The maximum absolute atomic E-state index is 12.1. The van der Waals surface area contributed by atoms with E-state index in [2.05, 4.69) is 5.32 Å². The molecule has 2 amide bonds. The third-order valence-electron chi connectivity index (χ3n) is 3.64. The average Bonchev–Trinajstić information content (AvgIpc) is 2.62. The van der Waals surface area contributed by atoms with Crippen molar-refractivity contribution in [3.63, 3.8) is 0 Å². The van der Waals surface area contributed by atoms with Gasteiger partial charge in [0.25, 0.3) is 0 Å². The molecule has 0 atom stereocenters. The molecule has 2 rings (SSSR count). The highest BCUT2D eigenvalue weighted by Gasteiger charge is 2.09. The summed E-state index contributed by atoms with van der Waals surface area (Å²) in [6, 6.07) is 13.8. The molecular weight excluding hydrogens is 320 g/mol. The first-order valence-electron chi connectivity index (χ1n) is 7.89. The van der Waals surface area contributed by atoms with Crippen LogP contribution in [-0.2, 0) is 0 Å². The van der Waals surface area contributed by atoms with Crippen LogP contribution in [0.2, 0.25) is 0 Å². The van der Waals surface area contributed by atoms with Crippen LogP contribution in [0.1, 0.15) is 17.3 Å². The highest BCUT2D eigenvalue weighted by molar-refractivity contribution is 5.95. The minimum atomic E-state index is -0.242. The molecule has 0 aromatic heterocycles. The predicted molar refractivity (Wildman–Crippen MR) is 96.6 cm³/mol. The van der Waals surface area contributed by atoms with Crippen molar-refractivity contribution in [2.24, 2.45) is 0 Å². The lowest BCUT2D eigenvalue weighted by Gasteiger charge is -2.18. The van der Waals surface area contributed by atoms with Crippen molar-refractivity contribution in [2.45, 2.75) is 6.92 Å². The smallest absolute Gasteiger partial charge is 0.321 e. The van der Waals surface area contributed by atoms with Crippen LogP contribution in [0.5, 0.6) is 11.5 Å². The molecule has 0 aliphatic carbocycles. The van der Waals surface area contributed by atoms with Gasteiger partial charge < -0.3 is 19.7 Å². The van der Waals surface area contributed by atoms with Crippen LogP contribution in [0.3, 0.4) is 0 Å². The van der Waals surface area contributed by atoms with Gasteiger partial charge in [-0.25, -0.2) is 4.79 Å². The summed E-state index contributed by atoms with van der Waals surface area (Å²) >= 11 is 0. The third-order valence-corrected chi connectivity index (χ3v) is 3.64. The molecule has 0 aliphatic rings. The summed E-state index contributed by atoms with van der Waals surface area (Å²) in [4.78, 5) is 24.9. The Morgan fingerprint density at radius 3 is 2.16 bits per heavy atom. The Kier molecular flexibility index (Phi) is 6.39. The summed E-state index contributed by atoms with van der Waals surface area (Å²) in [5.41, 5.74) is 1.25. The van der Waals surface area contributed by atoms with E-state index in [4.69, 9.17) is 9.47 Å². The van der Waals surface area contributed by atoms with Crippen molar-refractivity contribution in [3.8, 4) is 11.5 Å².